The van der Waals surface area contributed by atoms with Crippen molar-refractivity contribution in [2.24, 2.45) is 5.92 Å². The summed E-state index contributed by atoms with van der Waals surface area (Å²) < 4.78 is 13.9. The van der Waals surface area contributed by atoms with Crippen molar-refractivity contribution in [2.45, 2.75) is 18.8 Å². The van der Waals surface area contributed by atoms with Crippen LogP contribution in [0.3, 0.4) is 0 Å². The Morgan fingerprint density at radius 1 is 0.844 bits per heavy atom. The summed E-state index contributed by atoms with van der Waals surface area (Å²) >= 11 is 0. The third-order valence-corrected chi connectivity index (χ3v) is 6.10. The number of nitrogens with one attached hydrogen (secondary N) is 1. The number of piperidine rings is 1. The Morgan fingerprint density at radius 2 is 1.38 bits per heavy atom. The summed E-state index contributed by atoms with van der Waals surface area (Å²) in [6.07, 6.45) is 1.56. The normalized spacial score (nSPS) is 14.4. The van der Waals surface area contributed by atoms with Crippen LogP contribution in [0.5, 0.6) is 0 Å². The summed E-state index contributed by atoms with van der Waals surface area (Å²) in [4.78, 5) is 27.5. The fourth-order valence-corrected chi connectivity index (χ4v) is 4.28. The lowest BCUT2D eigenvalue weighted by Gasteiger charge is -2.32. The number of carbonyl (C=O) groups excluding carboxylic acids is 2. The van der Waals surface area contributed by atoms with Gasteiger partial charge in [0, 0.05) is 19.6 Å². The number of rotatable bonds is 6. The number of likely N-dealkylation sites (tertiary alicyclic amines) is 1. The number of amides is 2. The highest BCUT2D eigenvalue weighted by Gasteiger charge is 2.27. The molecule has 0 atom stereocenters. The highest BCUT2D eigenvalue weighted by Crippen LogP contribution is 2.25. The second-order valence-corrected chi connectivity index (χ2v) is 8.21. The molecule has 0 radical (unpaired) electrons. The van der Waals surface area contributed by atoms with E-state index < -0.39 is 5.82 Å². The molecule has 4 rings (SSSR count). The molecule has 3 aromatic carbocycles. The molecule has 1 aliphatic rings. The molecule has 0 unspecified atom stereocenters. The molecule has 32 heavy (non-hydrogen) atoms. The largest absolute Gasteiger partial charge is 0.355 e. The molecule has 3 aromatic rings. The molecule has 1 N–H and O–H groups in total. The third kappa shape index (κ3) is 5.05. The van der Waals surface area contributed by atoms with Gasteiger partial charge in [-0.2, -0.15) is 0 Å². The molecule has 0 spiro atoms. The Morgan fingerprint density at radius 3 is 1.94 bits per heavy atom. The molecule has 1 aliphatic heterocycles. The zero-order valence-electron chi connectivity index (χ0n) is 17.9. The van der Waals surface area contributed by atoms with Crippen LogP contribution in [0.15, 0.2) is 84.9 Å². The van der Waals surface area contributed by atoms with Gasteiger partial charge in [0.1, 0.15) is 5.82 Å². The van der Waals surface area contributed by atoms with E-state index in [9.17, 15) is 14.0 Å². The van der Waals surface area contributed by atoms with Gasteiger partial charge in [-0.15, -0.1) is 0 Å². The molecule has 5 heteroatoms. The van der Waals surface area contributed by atoms with E-state index in [-0.39, 0.29) is 29.2 Å². The van der Waals surface area contributed by atoms with Gasteiger partial charge in [-0.3, -0.25) is 9.59 Å². The zero-order chi connectivity index (χ0) is 22.3. The van der Waals surface area contributed by atoms with Gasteiger partial charge in [0.05, 0.1) is 11.5 Å². The fourth-order valence-electron chi connectivity index (χ4n) is 4.28. The molecule has 0 aromatic heterocycles. The van der Waals surface area contributed by atoms with Crippen LogP contribution in [0.1, 0.15) is 40.2 Å². The van der Waals surface area contributed by atoms with Gasteiger partial charge >= 0.3 is 0 Å². The lowest BCUT2D eigenvalue weighted by Crippen LogP contribution is -2.42. The Kier molecular flexibility index (Phi) is 6.95. The molecule has 0 aliphatic carbocycles. The quantitative estimate of drug-likeness (QED) is 0.620. The molecular weight excluding hydrogens is 403 g/mol. The summed E-state index contributed by atoms with van der Waals surface area (Å²) in [6, 6.07) is 25.7. The number of hydrogen-bond donors (Lipinski definition) is 1. The van der Waals surface area contributed by atoms with Gasteiger partial charge in [0.15, 0.2) is 0 Å². The second kappa shape index (κ2) is 10.2. The lowest BCUT2D eigenvalue weighted by molar-refractivity contribution is -0.122. The van der Waals surface area contributed by atoms with Crippen LogP contribution in [0, 0.1) is 11.7 Å². The van der Waals surface area contributed by atoms with E-state index in [1.54, 1.807) is 17.0 Å². The number of nitrogens with zero attached hydrogens (tertiary/aromatic N) is 1. The number of halogens is 1. The molecule has 164 valence electrons. The van der Waals surface area contributed by atoms with Gasteiger partial charge in [0.25, 0.3) is 5.91 Å². The first kappa shape index (κ1) is 21.8. The maximum Gasteiger partial charge on any atom is 0.256 e. The molecule has 1 heterocycles. The van der Waals surface area contributed by atoms with E-state index >= 15 is 0 Å². The Hall–Kier alpha value is -3.47. The summed E-state index contributed by atoms with van der Waals surface area (Å²) in [5.74, 6) is -0.846. The summed E-state index contributed by atoms with van der Waals surface area (Å²) in [7, 11) is 0. The Balaban J connectivity index is 1.35. The summed E-state index contributed by atoms with van der Waals surface area (Å²) in [5, 5.41) is 3.13. The van der Waals surface area contributed by atoms with E-state index in [0.29, 0.717) is 19.6 Å². The first-order valence-electron chi connectivity index (χ1n) is 11.0. The molecule has 0 saturated carbocycles. The second-order valence-electron chi connectivity index (χ2n) is 8.21. The Labute approximate surface area is 188 Å². The van der Waals surface area contributed by atoms with Gasteiger partial charge in [0.2, 0.25) is 5.91 Å². The van der Waals surface area contributed by atoms with E-state index in [2.05, 4.69) is 5.32 Å². The van der Waals surface area contributed by atoms with Gasteiger partial charge in [-0.25, -0.2) is 4.39 Å². The molecule has 2 amide bonds. The minimum absolute atomic E-state index is 0.0211. The maximum atomic E-state index is 13.9. The Bertz CT molecular complexity index is 1010. The van der Waals surface area contributed by atoms with Gasteiger partial charge in [-0.05, 0) is 42.0 Å². The van der Waals surface area contributed by atoms with Crippen molar-refractivity contribution < 1.29 is 14.0 Å². The monoisotopic (exact) mass is 430 g/mol. The highest BCUT2D eigenvalue weighted by atomic mass is 19.1. The maximum absolute atomic E-state index is 13.9. The van der Waals surface area contributed by atoms with Crippen LogP contribution < -0.4 is 5.32 Å². The first-order chi connectivity index (χ1) is 15.6. The van der Waals surface area contributed by atoms with Crippen molar-refractivity contribution in [2.75, 3.05) is 19.6 Å². The van der Waals surface area contributed by atoms with E-state index in [1.165, 1.54) is 12.1 Å². The molecule has 0 bridgehead atoms. The highest BCUT2D eigenvalue weighted by molar-refractivity contribution is 5.94. The van der Waals surface area contributed by atoms with E-state index in [4.69, 9.17) is 0 Å². The van der Waals surface area contributed by atoms with Crippen molar-refractivity contribution in [1.29, 1.82) is 0 Å². The van der Waals surface area contributed by atoms with Gasteiger partial charge in [-0.1, -0.05) is 72.8 Å². The summed E-state index contributed by atoms with van der Waals surface area (Å²) in [6.45, 7) is 1.69. The van der Waals surface area contributed by atoms with Crippen LogP contribution in [0.25, 0.3) is 0 Å². The molecule has 1 fully saturated rings. The van der Waals surface area contributed by atoms with Crippen molar-refractivity contribution in [3.8, 4) is 0 Å². The smallest absolute Gasteiger partial charge is 0.256 e. The van der Waals surface area contributed by atoms with Crippen molar-refractivity contribution in [3.63, 3.8) is 0 Å². The topological polar surface area (TPSA) is 49.4 Å². The predicted molar refractivity (Wildman–Crippen MR) is 123 cm³/mol. The molecule has 1 saturated heterocycles. The summed E-state index contributed by atoms with van der Waals surface area (Å²) in [5.41, 5.74) is 2.04. The molecule has 4 nitrogen and oxygen atoms in total. The average molecular weight is 431 g/mol. The fraction of sp³-hybridized carbons (Fsp3) is 0.259. The molecular formula is C27H27FN2O2. The van der Waals surface area contributed by atoms with Crippen LogP contribution in [0.4, 0.5) is 4.39 Å². The van der Waals surface area contributed by atoms with Crippen LogP contribution in [-0.2, 0) is 4.79 Å². The predicted octanol–water partition coefficient (Wildman–Crippen LogP) is 4.63. The van der Waals surface area contributed by atoms with Crippen LogP contribution in [0.2, 0.25) is 0 Å². The minimum atomic E-state index is -0.486. The standard InChI is InChI=1S/C27H27FN2O2/c28-24-14-8-7-13-23(24)27(32)30-17-15-20(16-18-30)19-29-26(31)25(21-9-3-1-4-10-21)22-11-5-2-6-12-22/h1-14,20,25H,15-19H2,(H,29,31). The lowest BCUT2D eigenvalue weighted by atomic mass is 9.90. The number of carbonyl (C=O) groups is 2. The minimum Gasteiger partial charge on any atom is -0.355 e. The average Bonchev–Trinajstić information content (AvgIpc) is 2.84. The zero-order valence-corrected chi connectivity index (χ0v) is 17.9. The van der Waals surface area contributed by atoms with Gasteiger partial charge < -0.3 is 10.2 Å². The van der Waals surface area contributed by atoms with E-state index in [0.717, 1.165) is 24.0 Å². The van der Waals surface area contributed by atoms with Crippen molar-refractivity contribution in [1.82, 2.24) is 10.2 Å². The van der Waals surface area contributed by atoms with Crippen LogP contribution >= 0.6 is 0 Å². The van der Waals surface area contributed by atoms with Crippen LogP contribution in [-0.4, -0.2) is 36.3 Å². The van der Waals surface area contributed by atoms with Crippen molar-refractivity contribution in [3.05, 3.63) is 107 Å². The third-order valence-electron chi connectivity index (χ3n) is 6.10. The first-order valence-corrected chi connectivity index (χ1v) is 11.0. The van der Waals surface area contributed by atoms with Crippen molar-refractivity contribution >= 4 is 11.8 Å². The SMILES string of the molecule is O=C(NCC1CCN(C(=O)c2ccccc2F)CC1)C(c1ccccc1)c1ccccc1. The number of benzene rings is 3. The van der Waals surface area contributed by atoms with E-state index in [1.807, 2.05) is 60.7 Å². The number of hydrogen-bond acceptors (Lipinski definition) is 2.